The molecule has 29 heavy (non-hydrogen) atoms. The highest BCUT2D eigenvalue weighted by Gasteiger charge is 2.35. The molecule has 9 heteroatoms. The normalized spacial score (nSPS) is 17.8. The summed E-state index contributed by atoms with van der Waals surface area (Å²) in [5.74, 6) is 1.05. The maximum absolute atomic E-state index is 12.2. The van der Waals surface area contributed by atoms with E-state index in [1.807, 2.05) is 28.0 Å². The SMILES string of the molecule is CN/C=C(\C=N)Nc1nccc(-c2cnn(C3CCN(C(=O)C4CC4)CC3)c2)n1. The number of likely N-dealkylation sites (tertiary alicyclic amines) is 1. The minimum Gasteiger partial charge on any atom is -0.392 e. The van der Waals surface area contributed by atoms with E-state index in [0.717, 1.165) is 50.0 Å². The lowest BCUT2D eigenvalue weighted by Gasteiger charge is -2.32. The number of carbonyl (C=O) groups is 1. The molecule has 1 saturated carbocycles. The molecule has 0 atom stereocenters. The Morgan fingerprint density at radius 1 is 1.28 bits per heavy atom. The number of allylic oxidation sites excluding steroid dienone is 1. The van der Waals surface area contributed by atoms with E-state index < -0.39 is 0 Å². The lowest BCUT2D eigenvalue weighted by molar-refractivity contribution is -0.133. The van der Waals surface area contributed by atoms with Gasteiger partial charge < -0.3 is 20.9 Å². The Morgan fingerprint density at radius 3 is 2.76 bits per heavy atom. The van der Waals surface area contributed by atoms with E-state index in [0.29, 0.717) is 29.5 Å². The third-order valence-corrected chi connectivity index (χ3v) is 5.34. The summed E-state index contributed by atoms with van der Waals surface area (Å²) in [7, 11) is 1.77. The second-order valence-corrected chi connectivity index (χ2v) is 7.46. The molecule has 1 saturated heterocycles. The van der Waals surface area contributed by atoms with E-state index in [9.17, 15) is 4.79 Å². The molecule has 152 valence electrons. The third-order valence-electron chi connectivity index (χ3n) is 5.34. The first-order valence-corrected chi connectivity index (χ1v) is 9.99. The van der Waals surface area contributed by atoms with Crippen molar-refractivity contribution in [3.63, 3.8) is 0 Å². The highest BCUT2D eigenvalue weighted by atomic mass is 16.2. The van der Waals surface area contributed by atoms with E-state index in [4.69, 9.17) is 5.41 Å². The summed E-state index contributed by atoms with van der Waals surface area (Å²) < 4.78 is 1.99. The van der Waals surface area contributed by atoms with Gasteiger partial charge in [0.15, 0.2) is 0 Å². The molecule has 2 fully saturated rings. The highest BCUT2D eigenvalue weighted by molar-refractivity contribution is 5.81. The van der Waals surface area contributed by atoms with Gasteiger partial charge in [-0.2, -0.15) is 5.10 Å². The Labute approximate surface area is 169 Å². The summed E-state index contributed by atoms with van der Waals surface area (Å²) in [5.41, 5.74) is 2.25. The van der Waals surface area contributed by atoms with Crippen LogP contribution >= 0.6 is 0 Å². The lowest BCUT2D eigenvalue weighted by atomic mass is 10.0. The fourth-order valence-electron chi connectivity index (χ4n) is 3.59. The number of anilines is 1. The van der Waals surface area contributed by atoms with Gasteiger partial charge in [0.2, 0.25) is 11.9 Å². The average molecular weight is 394 g/mol. The van der Waals surface area contributed by atoms with Gasteiger partial charge in [0.05, 0.1) is 23.6 Å². The zero-order chi connectivity index (χ0) is 20.2. The fraction of sp³-hybridized carbons (Fsp3) is 0.450. The van der Waals surface area contributed by atoms with Crippen molar-refractivity contribution in [3.8, 4) is 11.3 Å². The van der Waals surface area contributed by atoms with Crippen molar-refractivity contribution in [3.05, 3.63) is 36.6 Å². The fourth-order valence-corrected chi connectivity index (χ4v) is 3.59. The lowest BCUT2D eigenvalue weighted by Crippen LogP contribution is -2.39. The maximum atomic E-state index is 12.2. The van der Waals surface area contributed by atoms with Crippen LogP contribution < -0.4 is 10.6 Å². The number of piperidine rings is 1. The summed E-state index contributed by atoms with van der Waals surface area (Å²) in [6.07, 6.45) is 12.3. The van der Waals surface area contributed by atoms with Crippen LogP contribution in [0.2, 0.25) is 0 Å². The van der Waals surface area contributed by atoms with Crippen molar-refractivity contribution in [2.75, 3.05) is 25.5 Å². The molecule has 1 aliphatic heterocycles. The van der Waals surface area contributed by atoms with E-state index in [-0.39, 0.29) is 0 Å². The van der Waals surface area contributed by atoms with Crippen LogP contribution in [-0.4, -0.2) is 56.9 Å². The van der Waals surface area contributed by atoms with Gasteiger partial charge in [0, 0.05) is 56.4 Å². The number of carbonyl (C=O) groups excluding carboxylic acids is 1. The summed E-state index contributed by atoms with van der Waals surface area (Å²) >= 11 is 0. The van der Waals surface area contributed by atoms with Gasteiger partial charge in [-0.3, -0.25) is 9.48 Å². The maximum Gasteiger partial charge on any atom is 0.227 e. The van der Waals surface area contributed by atoms with Crippen LogP contribution in [0.5, 0.6) is 0 Å². The molecule has 0 bridgehead atoms. The molecule has 2 aromatic rings. The largest absolute Gasteiger partial charge is 0.392 e. The quantitative estimate of drug-likeness (QED) is 0.620. The first kappa shape index (κ1) is 19.1. The Kier molecular flexibility index (Phi) is 5.55. The molecule has 2 aliphatic rings. The highest BCUT2D eigenvalue weighted by Crippen LogP contribution is 2.33. The Hall–Kier alpha value is -3.23. The van der Waals surface area contributed by atoms with Gasteiger partial charge >= 0.3 is 0 Å². The number of hydrogen-bond donors (Lipinski definition) is 3. The van der Waals surface area contributed by atoms with E-state index in [1.165, 1.54) is 6.21 Å². The van der Waals surface area contributed by atoms with Gasteiger partial charge in [0.25, 0.3) is 0 Å². The van der Waals surface area contributed by atoms with Gasteiger partial charge in [0.1, 0.15) is 0 Å². The Balaban J connectivity index is 1.41. The average Bonchev–Trinajstić information content (AvgIpc) is 3.49. The molecule has 2 aromatic heterocycles. The molecule has 1 aliphatic carbocycles. The number of aromatic nitrogens is 4. The second kappa shape index (κ2) is 8.42. The molecule has 0 aromatic carbocycles. The van der Waals surface area contributed by atoms with Crippen molar-refractivity contribution in [1.29, 1.82) is 5.41 Å². The van der Waals surface area contributed by atoms with Crippen LogP contribution in [0.3, 0.4) is 0 Å². The smallest absolute Gasteiger partial charge is 0.227 e. The van der Waals surface area contributed by atoms with E-state index >= 15 is 0 Å². The first-order chi connectivity index (χ1) is 14.2. The minimum atomic E-state index is 0.291. The summed E-state index contributed by atoms with van der Waals surface area (Å²) in [5, 5.41) is 17.9. The zero-order valence-electron chi connectivity index (χ0n) is 16.5. The van der Waals surface area contributed by atoms with Crippen LogP contribution in [0.15, 0.2) is 36.6 Å². The predicted octanol–water partition coefficient (Wildman–Crippen LogP) is 2.04. The molecule has 9 nitrogen and oxygen atoms in total. The summed E-state index contributed by atoms with van der Waals surface area (Å²) in [4.78, 5) is 23.0. The summed E-state index contributed by atoms with van der Waals surface area (Å²) in [6, 6.07) is 2.14. The molecular weight excluding hydrogens is 368 g/mol. The monoisotopic (exact) mass is 394 g/mol. The molecular formula is C20H26N8O. The van der Waals surface area contributed by atoms with E-state index in [2.05, 4.69) is 25.7 Å². The number of nitrogens with one attached hydrogen (secondary N) is 3. The topological polar surface area (TPSA) is 112 Å². The van der Waals surface area contributed by atoms with Crippen molar-refractivity contribution in [2.24, 2.45) is 5.92 Å². The molecule has 3 heterocycles. The number of nitrogens with zero attached hydrogens (tertiary/aromatic N) is 5. The van der Waals surface area contributed by atoms with Crippen LogP contribution in [0.25, 0.3) is 11.3 Å². The zero-order valence-corrected chi connectivity index (χ0v) is 16.5. The Morgan fingerprint density at radius 2 is 2.07 bits per heavy atom. The first-order valence-electron chi connectivity index (χ1n) is 9.99. The molecule has 0 unspecified atom stereocenters. The molecule has 3 N–H and O–H groups in total. The van der Waals surface area contributed by atoms with Crippen molar-refractivity contribution < 1.29 is 4.79 Å². The third kappa shape index (κ3) is 4.44. The van der Waals surface area contributed by atoms with Crippen LogP contribution in [0, 0.1) is 11.3 Å². The van der Waals surface area contributed by atoms with Gasteiger partial charge in [-0.05, 0) is 31.7 Å². The van der Waals surface area contributed by atoms with Crippen molar-refractivity contribution >= 4 is 18.1 Å². The predicted molar refractivity (Wildman–Crippen MR) is 110 cm³/mol. The number of rotatable bonds is 7. The van der Waals surface area contributed by atoms with Gasteiger partial charge in [-0.15, -0.1) is 0 Å². The second-order valence-electron chi connectivity index (χ2n) is 7.46. The summed E-state index contributed by atoms with van der Waals surface area (Å²) in [6.45, 7) is 1.61. The van der Waals surface area contributed by atoms with E-state index in [1.54, 1.807) is 19.4 Å². The standard InChI is InChI=1S/C20H26N8O/c1-22-12-16(10-21)25-20-23-7-4-18(26-20)15-11-24-28(13-15)17-5-8-27(9-6-17)19(29)14-2-3-14/h4,7,10-14,17,21-22H,2-3,5-6,8-9H2,1H3,(H,23,25,26)/b16-12+,21-10?. The molecule has 4 rings (SSSR count). The number of hydrogen-bond acceptors (Lipinski definition) is 7. The Bertz CT molecular complexity index is 909. The number of amides is 1. The molecule has 0 radical (unpaired) electrons. The van der Waals surface area contributed by atoms with Crippen molar-refractivity contribution in [2.45, 2.75) is 31.7 Å². The molecule has 0 spiro atoms. The minimum absolute atomic E-state index is 0.291. The van der Waals surface area contributed by atoms with Crippen molar-refractivity contribution in [1.82, 2.24) is 30.0 Å². The van der Waals surface area contributed by atoms with Gasteiger partial charge in [-0.1, -0.05) is 0 Å². The van der Waals surface area contributed by atoms with Crippen LogP contribution in [-0.2, 0) is 4.79 Å². The van der Waals surface area contributed by atoms with Gasteiger partial charge in [-0.25, -0.2) is 9.97 Å². The van der Waals surface area contributed by atoms with Crippen LogP contribution in [0.4, 0.5) is 5.95 Å². The van der Waals surface area contributed by atoms with Crippen LogP contribution in [0.1, 0.15) is 31.7 Å². The molecule has 1 amide bonds.